The van der Waals surface area contributed by atoms with Gasteiger partial charge in [0, 0.05) is 5.56 Å². The van der Waals surface area contributed by atoms with Gasteiger partial charge >= 0.3 is 6.18 Å². The molecule has 0 amide bonds. The number of ketones is 1. The van der Waals surface area contributed by atoms with Crippen LogP contribution in [0, 0.1) is 0 Å². The van der Waals surface area contributed by atoms with Crippen molar-refractivity contribution in [2.24, 2.45) is 0 Å². The molecule has 2 aromatic carbocycles. The van der Waals surface area contributed by atoms with E-state index in [1.54, 1.807) is 37.5 Å². The highest BCUT2D eigenvalue weighted by Gasteiger charge is 2.30. The van der Waals surface area contributed by atoms with Crippen molar-refractivity contribution < 1.29 is 22.7 Å². The Labute approximate surface area is 125 Å². The summed E-state index contributed by atoms with van der Waals surface area (Å²) in [7, 11) is 1.54. The van der Waals surface area contributed by atoms with Crippen LogP contribution < -0.4 is 4.74 Å². The van der Waals surface area contributed by atoms with Crippen LogP contribution in [-0.2, 0) is 6.18 Å². The van der Waals surface area contributed by atoms with Gasteiger partial charge in [0.2, 0.25) is 0 Å². The second-order valence-corrected chi connectivity index (χ2v) is 4.55. The van der Waals surface area contributed by atoms with E-state index in [0.29, 0.717) is 5.75 Å². The minimum atomic E-state index is -4.46. The number of methoxy groups -OCH3 is 1. The Morgan fingerprint density at radius 1 is 1.09 bits per heavy atom. The topological polar surface area (TPSA) is 26.3 Å². The molecular formula is C17H13F3O2. The zero-order valence-corrected chi connectivity index (χ0v) is 11.7. The second kappa shape index (κ2) is 6.47. The van der Waals surface area contributed by atoms with Crippen LogP contribution in [0.1, 0.15) is 21.5 Å². The molecular weight excluding hydrogens is 293 g/mol. The maximum atomic E-state index is 12.6. The fourth-order valence-electron chi connectivity index (χ4n) is 1.83. The minimum absolute atomic E-state index is 0.000383. The van der Waals surface area contributed by atoms with Gasteiger partial charge < -0.3 is 4.74 Å². The van der Waals surface area contributed by atoms with Crippen molar-refractivity contribution in [1.29, 1.82) is 0 Å². The zero-order valence-electron chi connectivity index (χ0n) is 11.7. The Bertz CT molecular complexity index is 686. The lowest BCUT2D eigenvalue weighted by atomic mass is 10.1. The van der Waals surface area contributed by atoms with Crippen LogP contribution in [0.5, 0.6) is 5.75 Å². The van der Waals surface area contributed by atoms with Crippen molar-refractivity contribution in [2.45, 2.75) is 6.18 Å². The van der Waals surface area contributed by atoms with E-state index >= 15 is 0 Å². The molecule has 5 heteroatoms. The third-order valence-electron chi connectivity index (χ3n) is 3.02. The first kappa shape index (κ1) is 15.8. The average molecular weight is 306 g/mol. The molecule has 2 nitrogen and oxygen atoms in total. The van der Waals surface area contributed by atoms with Gasteiger partial charge in [0.05, 0.1) is 12.7 Å². The first-order valence-corrected chi connectivity index (χ1v) is 6.44. The normalized spacial score (nSPS) is 11.6. The van der Waals surface area contributed by atoms with Crippen LogP contribution >= 0.6 is 0 Å². The number of rotatable bonds is 4. The van der Waals surface area contributed by atoms with E-state index in [4.69, 9.17) is 4.74 Å². The maximum absolute atomic E-state index is 12.6. The Kier molecular flexibility index (Phi) is 4.65. The quantitative estimate of drug-likeness (QED) is 0.609. The fraction of sp³-hybridized carbons (Fsp3) is 0.118. The van der Waals surface area contributed by atoms with Crippen LogP contribution in [0.15, 0.2) is 54.6 Å². The number of hydrogen-bond acceptors (Lipinski definition) is 2. The number of alkyl halides is 3. The lowest BCUT2D eigenvalue weighted by Gasteiger charge is -2.07. The summed E-state index contributed by atoms with van der Waals surface area (Å²) < 4.78 is 42.8. The molecule has 0 aromatic heterocycles. The van der Waals surface area contributed by atoms with Crippen molar-refractivity contribution in [3.05, 3.63) is 71.3 Å². The summed E-state index contributed by atoms with van der Waals surface area (Å²) in [6, 6.07) is 11.3. The molecule has 2 rings (SSSR count). The van der Waals surface area contributed by atoms with Crippen molar-refractivity contribution in [3.8, 4) is 5.75 Å². The molecule has 22 heavy (non-hydrogen) atoms. The molecule has 114 valence electrons. The number of benzene rings is 2. The van der Waals surface area contributed by atoms with Gasteiger partial charge in [-0.2, -0.15) is 13.2 Å². The van der Waals surface area contributed by atoms with Crippen LogP contribution in [0.2, 0.25) is 0 Å². The van der Waals surface area contributed by atoms with Gasteiger partial charge in [-0.05, 0) is 35.9 Å². The second-order valence-electron chi connectivity index (χ2n) is 4.55. The van der Waals surface area contributed by atoms with Crippen LogP contribution in [0.4, 0.5) is 13.2 Å². The van der Waals surface area contributed by atoms with E-state index in [0.717, 1.165) is 17.7 Å². The predicted octanol–water partition coefficient (Wildman–Crippen LogP) is 4.61. The third kappa shape index (κ3) is 3.97. The van der Waals surface area contributed by atoms with Gasteiger partial charge in [0.15, 0.2) is 5.78 Å². The van der Waals surface area contributed by atoms with Gasteiger partial charge in [0.1, 0.15) is 5.75 Å². The summed E-state index contributed by atoms with van der Waals surface area (Å²) in [5.41, 5.74) is -0.0862. The van der Waals surface area contributed by atoms with Gasteiger partial charge in [-0.15, -0.1) is 0 Å². The number of halogens is 3. The van der Waals surface area contributed by atoms with E-state index in [2.05, 4.69) is 0 Å². The Morgan fingerprint density at radius 2 is 1.77 bits per heavy atom. The molecule has 0 saturated carbocycles. The number of allylic oxidation sites excluding steroid dienone is 1. The summed E-state index contributed by atoms with van der Waals surface area (Å²) in [6.07, 6.45) is -1.67. The molecule has 0 bridgehead atoms. The molecule has 0 unspecified atom stereocenters. The largest absolute Gasteiger partial charge is 0.497 e. The lowest BCUT2D eigenvalue weighted by molar-refractivity contribution is -0.137. The van der Waals surface area contributed by atoms with E-state index in [-0.39, 0.29) is 5.56 Å². The van der Waals surface area contributed by atoms with Crippen LogP contribution in [0.3, 0.4) is 0 Å². The molecule has 2 aromatic rings. The van der Waals surface area contributed by atoms with Crippen molar-refractivity contribution in [3.63, 3.8) is 0 Å². The first-order valence-electron chi connectivity index (χ1n) is 6.44. The highest BCUT2D eigenvalue weighted by atomic mass is 19.4. The molecule has 0 aliphatic heterocycles. The van der Waals surface area contributed by atoms with E-state index < -0.39 is 17.5 Å². The number of carbonyl (C=O) groups is 1. The average Bonchev–Trinajstić information content (AvgIpc) is 2.52. The van der Waals surface area contributed by atoms with Crippen molar-refractivity contribution in [1.82, 2.24) is 0 Å². The van der Waals surface area contributed by atoms with Gasteiger partial charge in [-0.1, -0.05) is 30.3 Å². The lowest BCUT2D eigenvalue weighted by Crippen LogP contribution is -2.06. The number of hydrogen-bond donors (Lipinski definition) is 0. The van der Waals surface area contributed by atoms with Crippen molar-refractivity contribution in [2.75, 3.05) is 7.11 Å². The Hall–Kier alpha value is -2.56. The number of ether oxygens (including phenoxy) is 1. The molecule has 0 N–H and O–H groups in total. The molecule has 0 spiro atoms. The molecule has 0 saturated heterocycles. The van der Waals surface area contributed by atoms with E-state index in [9.17, 15) is 18.0 Å². The fourth-order valence-corrected chi connectivity index (χ4v) is 1.83. The van der Waals surface area contributed by atoms with Crippen LogP contribution in [0.25, 0.3) is 6.08 Å². The monoisotopic (exact) mass is 306 g/mol. The summed E-state index contributed by atoms with van der Waals surface area (Å²) in [5.74, 6) is 0.197. The summed E-state index contributed by atoms with van der Waals surface area (Å²) in [6.45, 7) is 0. The first-order chi connectivity index (χ1) is 10.4. The van der Waals surface area contributed by atoms with E-state index in [1.165, 1.54) is 18.2 Å². The van der Waals surface area contributed by atoms with Gasteiger partial charge in [-0.3, -0.25) is 4.79 Å². The molecule has 0 atom stereocenters. The Morgan fingerprint density at radius 3 is 2.36 bits per heavy atom. The summed E-state index contributed by atoms with van der Waals surface area (Å²) >= 11 is 0. The Balaban J connectivity index is 2.16. The third-order valence-corrected chi connectivity index (χ3v) is 3.02. The predicted molar refractivity (Wildman–Crippen MR) is 77.8 cm³/mol. The van der Waals surface area contributed by atoms with Gasteiger partial charge in [0.25, 0.3) is 0 Å². The molecule has 0 heterocycles. The van der Waals surface area contributed by atoms with Gasteiger partial charge in [-0.25, -0.2) is 0 Å². The summed E-state index contributed by atoms with van der Waals surface area (Å²) in [4.78, 5) is 11.9. The zero-order chi connectivity index (χ0) is 16.2. The standard InChI is InChI=1S/C17H13F3O2/c1-22-15-8-5-12(6-9-15)7-10-16(21)13-3-2-4-14(11-13)17(18,19)20/h2-11H,1H3/b10-7+. The van der Waals surface area contributed by atoms with E-state index in [1.807, 2.05) is 0 Å². The minimum Gasteiger partial charge on any atom is -0.497 e. The molecule has 0 aliphatic rings. The number of carbonyl (C=O) groups excluding carboxylic acids is 1. The summed E-state index contributed by atoms with van der Waals surface area (Å²) in [5, 5.41) is 0. The molecule has 0 radical (unpaired) electrons. The highest BCUT2D eigenvalue weighted by molar-refractivity contribution is 6.06. The molecule has 0 fully saturated rings. The smallest absolute Gasteiger partial charge is 0.416 e. The molecule has 0 aliphatic carbocycles. The highest BCUT2D eigenvalue weighted by Crippen LogP contribution is 2.29. The van der Waals surface area contributed by atoms with Crippen LogP contribution in [-0.4, -0.2) is 12.9 Å². The SMILES string of the molecule is COc1ccc(/C=C/C(=O)c2cccc(C(F)(F)F)c2)cc1. The van der Waals surface area contributed by atoms with Crippen molar-refractivity contribution >= 4 is 11.9 Å². The maximum Gasteiger partial charge on any atom is 0.416 e.